The molecular weight excluding hydrogens is 541 g/mol. The second kappa shape index (κ2) is 9.45. The molecule has 0 radical (unpaired) electrons. The zero-order valence-corrected chi connectivity index (χ0v) is 21.0. The Kier molecular flexibility index (Phi) is 5.97. The molecule has 1 aliphatic rings. The molecule has 1 fully saturated rings. The van der Waals surface area contributed by atoms with E-state index in [0.29, 0.717) is 24.2 Å². The zero-order valence-electron chi connectivity index (χ0n) is 19.4. The van der Waals surface area contributed by atoms with Gasteiger partial charge in [0.05, 0.1) is 16.7 Å². The van der Waals surface area contributed by atoms with Gasteiger partial charge in [0.15, 0.2) is 6.23 Å². The molecule has 0 saturated carbocycles. The third kappa shape index (κ3) is 4.61. The fourth-order valence-corrected chi connectivity index (χ4v) is 4.83. The van der Waals surface area contributed by atoms with E-state index in [9.17, 15) is 14.0 Å². The van der Waals surface area contributed by atoms with Crippen LogP contribution in [-0.2, 0) is 16.0 Å². The van der Waals surface area contributed by atoms with Crippen molar-refractivity contribution in [2.24, 2.45) is 0 Å². The Morgan fingerprint density at radius 2 is 1.76 bits per heavy atom. The lowest BCUT2D eigenvalue weighted by Gasteiger charge is -2.23. The van der Waals surface area contributed by atoms with Gasteiger partial charge in [0.1, 0.15) is 18.1 Å². The summed E-state index contributed by atoms with van der Waals surface area (Å²) in [5.41, 5.74) is 5.05. The molecule has 10 heteroatoms. The summed E-state index contributed by atoms with van der Waals surface area (Å²) in [6.45, 7) is 0.372. The van der Waals surface area contributed by atoms with Gasteiger partial charge in [-0.3, -0.25) is 4.79 Å². The predicted octanol–water partition coefficient (Wildman–Crippen LogP) is 4.71. The molecule has 1 unspecified atom stereocenters. The number of aromatic nitrogens is 4. The third-order valence-electron chi connectivity index (χ3n) is 6.41. The van der Waals surface area contributed by atoms with Crippen molar-refractivity contribution >= 4 is 32.9 Å². The highest BCUT2D eigenvalue weighted by molar-refractivity contribution is 9.10. The molecule has 1 saturated heterocycles. The number of hydrogen-bond acceptors (Lipinski definition) is 4. The van der Waals surface area contributed by atoms with Crippen LogP contribution >= 0.6 is 15.9 Å². The summed E-state index contributed by atoms with van der Waals surface area (Å²) < 4.78 is 22.3. The number of amides is 1. The van der Waals surface area contributed by atoms with Crippen molar-refractivity contribution in [2.45, 2.75) is 12.6 Å². The Bertz CT molecular complexity index is 1660. The van der Waals surface area contributed by atoms with Crippen LogP contribution in [0.4, 0.5) is 4.39 Å². The molecule has 3 heterocycles. The third-order valence-corrected chi connectivity index (χ3v) is 6.94. The van der Waals surface area contributed by atoms with E-state index in [0.717, 1.165) is 32.3 Å². The number of H-pyrrole nitrogens is 2. The van der Waals surface area contributed by atoms with Crippen molar-refractivity contribution in [2.75, 3.05) is 13.2 Å². The quantitative estimate of drug-likeness (QED) is 0.314. The summed E-state index contributed by atoms with van der Waals surface area (Å²) in [5, 5.41) is 4.79. The lowest BCUT2D eigenvalue weighted by Crippen LogP contribution is -2.30. The van der Waals surface area contributed by atoms with Crippen LogP contribution in [0.1, 0.15) is 17.4 Å². The van der Waals surface area contributed by atoms with Crippen LogP contribution in [0.25, 0.3) is 28.0 Å². The lowest BCUT2D eigenvalue weighted by atomic mass is 10.1. The molecule has 37 heavy (non-hydrogen) atoms. The Morgan fingerprint density at radius 1 is 1.00 bits per heavy atom. The lowest BCUT2D eigenvalue weighted by molar-refractivity contribution is -0.128. The van der Waals surface area contributed by atoms with Crippen LogP contribution in [0.15, 0.2) is 82.2 Å². The average Bonchev–Trinajstić information content (AvgIpc) is 3.59. The van der Waals surface area contributed by atoms with Crippen LogP contribution < -0.4 is 5.69 Å². The van der Waals surface area contributed by atoms with E-state index >= 15 is 0 Å². The Morgan fingerprint density at radius 3 is 2.54 bits per heavy atom. The Balaban J connectivity index is 1.34. The fourth-order valence-electron chi connectivity index (χ4n) is 4.56. The molecule has 186 valence electrons. The molecule has 6 rings (SSSR count). The second-order valence-electron chi connectivity index (χ2n) is 8.82. The molecule has 5 aromatic rings. The maximum atomic E-state index is 13.7. The minimum Gasteiger partial charge on any atom is -0.344 e. The minimum absolute atomic E-state index is 0.0405. The van der Waals surface area contributed by atoms with Crippen molar-refractivity contribution in [3.8, 4) is 16.9 Å². The highest BCUT2D eigenvalue weighted by Crippen LogP contribution is 2.35. The number of ether oxygens (including phenoxy) is 1. The number of rotatable bonds is 6. The number of nitrogens with one attached hydrogen (secondary N) is 2. The summed E-state index contributed by atoms with van der Waals surface area (Å²) >= 11 is 3.45. The van der Waals surface area contributed by atoms with Gasteiger partial charge in [-0.15, -0.1) is 0 Å². The van der Waals surface area contributed by atoms with Gasteiger partial charge in [-0.2, -0.15) is 5.10 Å². The van der Waals surface area contributed by atoms with Crippen molar-refractivity contribution in [1.82, 2.24) is 24.6 Å². The van der Waals surface area contributed by atoms with E-state index in [1.54, 1.807) is 21.7 Å². The van der Waals surface area contributed by atoms with E-state index < -0.39 is 6.23 Å². The van der Waals surface area contributed by atoms with Gasteiger partial charge >= 0.3 is 5.69 Å². The van der Waals surface area contributed by atoms with E-state index in [4.69, 9.17) is 9.84 Å². The van der Waals surface area contributed by atoms with Gasteiger partial charge in [0.2, 0.25) is 0 Å². The molecule has 3 aromatic carbocycles. The van der Waals surface area contributed by atoms with Crippen LogP contribution in [-0.4, -0.2) is 43.7 Å². The highest BCUT2D eigenvalue weighted by atomic mass is 79.9. The molecule has 1 atom stereocenters. The number of carbonyl (C=O) groups is 1. The van der Waals surface area contributed by atoms with Gasteiger partial charge < -0.3 is 19.6 Å². The zero-order chi connectivity index (χ0) is 25.5. The summed E-state index contributed by atoms with van der Waals surface area (Å²) in [6, 6.07) is 19.5. The van der Waals surface area contributed by atoms with E-state index in [-0.39, 0.29) is 24.0 Å². The normalized spacial score (nSPS) is 15.7. The van der Waals surface area contributed by atoms with Crippen molar-refractivity contribution in [1.29, 1.82) is 0 Å². The molecule has 2 N–H and O–H groups in total. The molecule has 0 aliphatic carbocycles. The number of halogens is 2. The summed E-state index contributed by atoms with van der Waals surface area (Å²) in [5.74, 6) is -0.463. The van der Waals surface area contributed by atoms with Gasteiger partial charge in [0, 0.05) is 28.3 Å². The standard InChI is InChI=1S/C27H21BrFN5O3/c28-18-4-8-20(9-5-18)34-14-21(25(32-34)17-2-6-19(29)7-3-17)26-33(24(35)15-37-26)12-11-16-1-10-22-23(13-16)31-27(36)30-22/h1-10,13-14,26H,11-12,15H2,(H2,30,31,36). The topological polar surface area (TPSA) is 96.0 Å². The first-order chi connectivity index (χ1) is 17.9. The van der Waals surface area contributed by atoms with Gasteiger partial charge in [-0.1, -0.05) is 22.0 Å². The van der Waals surface area contributed by atoms with Crippen LogP contribution in [0.3, 0.4) is 0 Å². The summed E-state index contributed by atoms with van der Waals surface area (Å²) in [4.78, 5) is 31.6. The monoisotopic (exact) mass is 561 g/mol. The fraction of sp³-hybridized carbons (Fsp3) is 0.148. The maximum Gasteiger partial charge on any atom is 0.323 e. The van der Waals surface area contributed by atoms with E-state index in [1.165, 1.54) is 12.1 Å². The molecule has 8 nitrogen and oxygen atoms in total. The highest BCUT2D eigenvalue weighted by Gasteiger charge is 2.36. The smallest absolute Gasteiger partial charge is 0.323 e. The van der Waals surface area contributed by atoms with Gasteiger partial charge in [-0.05, 0) is 72.6 Å². The Hall–Kier alpha value is -4.02. The van der Waals surface area contributed by atoms with Crippen molar-refractivity contribution in [3.05, 3.63) is 105 Å². The number of nitrogens with zero attached hydrogens (tertiary/aromatic N) is 3. The number of hydrogen-bond donors (Lipinski definition) is 2. The summed E-state index contributed by atoms with van der Waals surface area (Å²) in [6.07, 6.45) is 1.78. The van der Waals surface area contributed by atoms with Gasteiger partial charge in [-0.25, -0.2) is 13.9 Å². The molecule has 0 bridgehead atoms. The largest absolute Gasteiger partial charge is 0.344 e. The van der Waals surface area contributed by atoms with Crippen LogP contribution in [0.5, 0.6) is 0 Å². The predicted molar refractivity (Wildman–Crippen MR) is 140 cm³/mol. The first kappa shape index (κ1) is 23.4. The second-order valence-corrected chi connectivity index (χ2v) is 9.74. The van der Waals surface area contributed by atoms with Gasteiger partial charge in [0.25, 0.3) is 5.91 Å². The molecule has 1 aliphatic heterocycles. The van der Waals surface area contributed by atoms with E-state index in [1.807, 2.05) is 48.7 Å². The average molecular weight is 562 g/mol. The Labute approximate surface area is 218 Å². The minimum atomic E-state index is -0.646. The number of carbonyl (C=O) groups excluding carboxylic acids is 1. The SMILES string of the molecule is O=C1COC(c2cn(-c3ccc(Br)cc3)nc2-c2ccc(F)cc2)N1CCc1ccc2[nH]c(=O)[nH]c2c1. The molecule has 0 spiro atoms. The first-order valence-corrected chi connectivity index (χ1v) is 12.5. The molecule has 1 amide bonds. The number of aromatic amines is 2. The number of imidazole rings is 1. The number of benzene rings is 3. The first-order valence-electron chi connectivity index (χ1n) is 11.7. The number of fused-ring (bicyclic) bond motifs is 1. The molecule has 2 aromatic heterocycles. The van der Waals surface area contributed by atoms with Crippen molar-refractivity contribution in [3.63, 3.8) is 0 Å². The maximum absolute atomic E-state index is 13.7. The van der Waals surface area contributed by atoms with Crippen LogP contribution in [0.2, 0.25) is 0 Å². The van der Waals surface area contributed by atoms with Crippen molar-refractivity contribution < 1.29 is 13.9 Å². The van der Waals surface area contributed by atoms with Crippen LogP contribution in [0, 0.1) is 5.82 Å². The summed E-state index contributed by atoms with van der Waals surface area (Å²) in [7, 11) is 0. The van der Waals surface area contributed by atoms with E-state index in [2.05, 4.69) is 25.9 Å². The molecular formula is C27H21BrFN5O3.